The van der Waals surface area contributed by atoms with E-state index in [4.69, 9.17) is 4.74 Å². The number of benzene rings is 1. The number of nitrogens with one attached hydrogen (secondary N) is 1. The second-order valence-corrected chi connectivity index (χ2v) is 3.26. The minimum atomic E-state index is -0.138. The lowest BCUT2D eigenvalue weighted by molar-refractivity contribution is 0.157. The third kappa shape index (κ3) is 3.99. The van der Waals surface area contributed by atoms with Gasteiger partial charge < -0.3 is 15.0 Å². The first-order valence-corrected chi connectivity index (χ1v) is 4.76. The van der Waals surface area contributed by atoms with Gasteiger partial charge in [-0.25, -0.2) is 4.79 Å². The number of hydrogen-bond acceptors (Lipinski definition) is 2. The average molecular weight is 208 g/mol. The van der Waals surface area contributed by atoms with Gasteiger partial charge in [-0.1, -0.05) is 30.3 Å². The molecule has 0 bridgehead atoms. The van der Waals surface area contributed by atoms with Gasteiger partial charge in [-0.3, -0.25) is 0 Å². The van der Waals surface area contributed by atoms with Gasteiger partial charge >= 0.3 is 6.03 Å². The molecule has 0 heterocycles. The van der Waals surface area contributed by atoms with Gasteiger partial charge in [-0.2, -0.15) is 0 Å². The Balaban J connectivity index is 2.41. The molecule has 2 amide bonds. The fraction of sp³-hybridized carbons (Fsp3) is 0.364. The maximum atomic E-state index is 11.4. The summed E-state index contributed by atoms with van der Waals surface area (Å²) in [6, 6.07) is 9.70. The van der Waals surface area contributed by atoms with Crippen molar-refractivity contribution in [3.05, 3.63) is 35.9 Å². The molecule has 0 aliphatic rings. The lowest BCUT2D eigenvalue weighted by Crippen LogP contribution is -2.37. The molecule has 4 heteroatoms. The third-order valence-electron chi connectivity index (χ3n) is 1.98. The van der Waals surface area contributed by atoms with Crippen molar-refractivity contribution in [3.8, 4) is 0 Å². The van der Waals surface area contributed by atoms with Crippen LogP contribution >= 0.6 is 0 Å². The first-order valence-electron chi connectivity index (χ1n) is 4.76. The second kappa shape index (κ2) is 6.03. The molecule has 1 N–H and O–H groups in total. The molecule has 15 heavy (non-hydrogen) atoms. The van der Waals surface area contributed by atoms with Crippen molar-refractivity contribution in [1.82, 2.24) is 10.2 Å². The lowest BCUT2D eigenvalue weighted by atomic mass is 10.2. The first-order chi connectivity index (χ1) is 7.24. The lowest BCUT2D eigenvalue weighted by Gasteiger charge is -2.17. The Labute approximate surface area is 89.8 Å². The number of hydrogen-bond donors (Lipinski definition) is 1. The number of methoxy groups -OCH3 is 1. The molecule has 1 aromatic carbocycles. The Bertz CT molecular complexity index is 301. The Morgan fingerprint density at radius 1 is 1.40 bits per heavy atom. The first kappa shape index (κ1) is 11.5. The number of nitrogens with zero attached hydrogens (tertiary/aromatic N) is 1. The Kier molecular flexibility index (Phi) is 4.63. The van der Waals surface area contributed by atoms with E-state index in [-0.39, 0.29) is 12.8 Å². The van der Waals surface area contributed by atoms with Gasteiger partial charge in [0.1, 0.15) is 6.73 Å². The van der Waals surface area contributed by atoms with Gasteiger partial charge in [0.05, 0.1) is 0 Å². The largest absolute Gasteiger partial charge is 0.364 e. The molecular formula is C11H16N2O2. The number of urea groups is 1. The van der Waals surface area contributed by atoms with Gasteiger partial charge in [-0.05, 0) is 5.56 Å². The van der Waals surface area contributed by atoms with E-state index in [1.807, 2.05) is 30.3 Å². The number of rotatable bonds is 4. The standard InChI is InChI=1S/C11H16N2O2/c1-13(11(14)12-9-15-2)8-10-6-4-3-5-7-10/h3-7H,8-9H2,1-2H3,(H,12,14). The highest BCUT2D eigenvalue weighted by atomic mass is 16.5. The zero-order valence-electron chi connectivity index (χ0n) is 9.06. The maximum Gasteiger partial charge on any atom is 0.319 e. The minimum Gasteiger partial charge on any atom is -0.364 e. The van der Waals surface area contributed by atoms with E-state index in [9.17, 15) is 4.79 Å². The number of amides is 2. The van der Waals surface area contributed by atoms with Gasteiger partial charge in [0, 0.05) is 20.7 Å². The Morgan fingerprint density at radius 2 is 2.07 bits per heavy atom. The summed E-state index contributed by atoms with van der Waals surface area (Å²) in [5.41, 5.74) is 1.10. The molecule has 0 unspecified atom stereocenters. The van der Waals surface area contributed by atoms with Crippen LogP contribution in [0.2, 0.25) is 0 Å². The summed E-state index contributed by atoms with van der Waals surface area (Å²) in [5, 5.41) is 2.62. The molecule has 0 aliphatic heterocycles. The van der Waals surface area contributed by atoms with Crippen LogP contribution in [0.1, 0.15) is 5.56 Å². The van der Waals surface area contributed by atoms with Crippen molar-refractivity contribution in [1.29, 1.82) is 0 Å². The summed E-state index contributed by atoms with van der Waals surface area (Å²) in [4.78, 5) is 13.0. The quantitative estimate of drug-likeness (QED) is 0.760. The van der Waals surface area contributed by atoms with Crippen molar-refractivity contribution in [2.24, 2.45) is 0 Å². The Hall–Kier alpha value is -1.55. The van der Waals surface area contributed by atoms with Gasteiger partial charge in [0.25, 0.3) is 0 Å². The summed E-state index contributed by atoms with van der Waals surface area (Å²) >= 11 is 0. The average Bonchev–Trinajstić information content (AvgIpc) is 2.27. The van der Waals surface area contributed by atoms with Crippen molar-refractivity contribution in [3.63, 3.8) is 0 Å². The molecule has 1 aromatic rings. The normalized spacial score (nSPS) is 9.73. The predicted molar refractivity (Wildman–Crippen MR) is 58.3 cm³/mol. The summed E-state index contributed by atoms with van der Waals surface area (Å²) in [7, 11) is 3.29. The van der Waals surface area contributed by atoms with Crippen LogP contribution in [0.25, 0.3) is 0 Å². The van der Waals surface area contributed by atoms with E-state index in [2.05, 4.69) is 5.32 Å². The molecule has 4 nitrogen and oxygen atoms in total. The Morgan fingerprint density at radius 3 is 2.67 bits per heavy atom. The molecule has 0 aliphatic carbocycles. The van der Waals surface area contributed by atoms with Crippen molar-refractivity contribution in [2.75, 3.05) is 20.9 Å². The van der Waals surface area contributed by atoms with Crippen molar-refractivity contribution >= 4 is 6.03 Å². The number of ether oxygens (including phenoxy) is 1. The SMILES string of the molecule is COCNC(=O)N(C)Cc1ccccc1. The van der Waals surface area contributed by atoms with E-state index in [0.717, 1.165) is 5.56 Å². The summed E-state index contributed by atoms with van der Waals surface area (Å²) in [6.45, 7) is 0.828. The summed E-state index contributed by atoms with van der Waals surface area (Å²) < 4.78 is 4.75. The minimum absolute atomic E-state index is 0.138. The van der Waals surface area contributed by atoms with Gasteiger partial charge in [0.2, 0.25) is 0 Å². The van der Waals surface area contributed by atoms with E-state index in [1.54, 1.807) is 11.9 Å². The van der Waals surface area contributed by atoms with Crippen LogP contribution in [-0.4, -0.2) is 31.8 Å². The molecule has 82 valence electrons. The van der Waals surface area contributed by atoms with Crippen LogP contribution in [-0.2, 0) is 11.3 Å². The van der Waals surface area contributed by atoms with Crippen LogP contribution in [0.5, 0.6) is 0 Å². The zero-order valence-corrected chi connectivity index (χ0v) is 9.06. The highest BCUT2D eigenvalue weighted by Crippen LogP contribution is 2.02. The number of carbonyl (C=O) groups is 1. The van der Waals surface area contributed by atoms with Crippen LogP contribution in [0.15, 0.2) is 30.3 Å². The van der Waals surface area contributed by atoms with Crippen LogP contribution < -0.4 is 5.32 Å². The monoisotopic (exact) mass is 208 g/mol. The fourth-order valence-corrected chi connectivity index (χ4v) is 1.20. The molecule has 0 fully saturated rings. The van der Waals surface area contributed by atoms with E-state index in [1.165, 1.54) is 7.11 Å². The molecule has 0 radical (unpaired) electrons. The predicted octanol–water partition coefficient (Wildman–Crippen LogP) is 1.43. The molecule has 0 aromatic heterocycles. The smallest absolute Gasteiger partial charge is 0.319 e. The third-order valence-corrected chi connectivity index (χ3v) is 1.98. The van der Waals surface area contributed by atoms with Crippen LogP contribution in [0, 0.1) is 0 Å². The van der Waals surface area contributed by atoms with E-state index in [0.29, 0.717) is 6.54 Å². The van der Waals surface area contributed by atoms with Crippen LogP contribution in [0.4, 0.5) is 4.79 Å². The maximum absolute atomic E-state index is 11.4. The highest BCUT2D eigenvalue weighted by Gasteiger charge is 2.07. The van der Waals surface area contributed by atoms with Gasteiger partial charge in [0.15, 0.2) is 0 Å². The van der Waals surface area contributed by atoms with E-state index >= 15 is 0 Å². The highest BCUT2D eigenvalue weighted by molar-refractivity contribution is 5.73. The zero-order chi connectivity index (χ0) is 11.1. The molecule has 1 rings (SSSR count). The topological polar surface area (TPSA) is 41.6 Å². The fourth-order valence-electron chi connectivity index (χ4n) is 1.20. The number of carbonyl (C=O) groups excluding carboxylic acids is 1. The molecule has 0 saturated carbocycles. The molecule has 0 saturated heterocycles. The summed E-state index contributed by atoms with van der Waals surface area (Å²) in [5.74, 6) is 0. The molecule has 0 atom stereocenters. The van der Waals surface area contributed by atoms with Crippen LogP contribution in [0.3, 0.4) is 0 Å². The molecule has 0 spiro atoms. The van der Waals surface area contributed by atoms with E-state index < -0.39 is 0 Å². The van der Waals surface area contributed by atoms with Gasteiger partial charge in [-0.15, -0.1) is 0 Å². The van der Waals surface area contributed by atoms with Crippen molar-refractivity contribution < 1.29 is 9.53 Å². The summed E-state index contributed by atoms with van der Waals surface area (Å²) in [6.07, 6.45) is 0. The second-order valence-electron chi connectivity index (χ2n) is 3.26. The molecular weight excluding hydrogens is 192 g/mol. The van der Waals surface area contributed by atoms with Crippen molar-refractivity contribution in [2.45, 2.75) is 6.54 Å².